The lowest BCUT2D eigenvalue weighted by Gasteiger charge is -2.28. The molecule has 2 aliphatic heterocycles. The van der Waals surface area contributed by atoms with Crippen molar-refractivity contribution in [3.63, 3.8) is 0 Å². The number of halogens is 1. The fourth-order valence-corrected chi connectivity index (χ4v) is 2.85. The molecule has 0 aliphatic carbocycles. The van der Waals surface area contributed by atoms with Gasteiger partial charge in [-0.3, -0.25) is 9.59 Å². The number of ether oxygens (including phenoxy) is 1. The smallest absolute Gasteiger partial charge is 0.446 e. The quantitative estimate of drug-likeness (QED) is 0.790. The first-order valence-corrected chi connectivity index (χ1v) is 8.30. The third-order valence-electron chi connectivity index (χ3n) is 4.10. The van der Waals surface area contributed by atoms with E-state index in [1.807, 2.05) is 0 Å². The Bertz CT molecular complexity index is 889. The number of anilines is 1. The predicted molar refractivity (Wildman–Crippen MR) is 95.0 cm³/mol. The number of hydrogen-bond acceptors (Lipinski definition) is 5. The second kappa shape index (κ2) is 7.48. The number of imide groups is 1. The van der Waals surface area contributed by atoms with Gasteiger partial charge >= 0.3 is 11.9 Å². The van der Waals surface area contributed by atoms with Crippen molar-refractivity contribution in [3.05, 3.63) is 41.9 Å². The van der Waals surface area contributed by atoms with E-state index in [4.69, 9.17) is 4.74 Å². The molecule has 4 amide bonds. The summed E-state index contributed by atoms with van der Waals surface area (Å²) in [6, 6.07) is 4.51. The van der Waals surface area contributed by atoms with Gasteiger partial charge in [-0.25, -0.2) is 9.18 Å². The Hall–Kier alpha value is -3.36. The third kappa shape index (κ3) is 3.62. The molecule has 0 spiro atoms. The summed E-state index contributed by atoms with van der Waals surface area (Å²) in [5.74, 6) is -1.86. The molecule has 0 bridgehead atoms. The van der Waals surface area contributed by atoms with Crippen LogP contribution in [0.2, 0.25) is 0 Å². The van der Waals surface area contributed by atoms with Crippen LogP contribution in [0.25, 0.3) is 0 Å². The van der Waals surface area contributed by atoms with Crippen molar-refractivity contribution >= 4 is 35.6 Å². The molecule has 1 unspecified atom stereocenters. The lowest BCUT2D eigenvalue weighted by molar-refractivity contribution is -0.408. The molecule has 9 heteroatoms. The SMILES string of the molecule is CCOC1=CC=NC2=[N+](C)C(=O)N(CC(=O)Nc3ccc(F)cc3)C(=O)C12. The summed E-state index contributed by atoms with van der Waals surface area (Å²) in [5, 5.41) is 2.53. The normalized spacial score (nSPS) is 19.0. The molecule has 1 aromatic carbocycles. The van der Waals surface area contributed by atoms with E-state index in [9.17, 15) is 18.8 Å². The Kier molecular flexibility index (Phi) is 5.11. The summed E-state index contributed by atoms with van der Waals surface area (Å²) in [4.78, 5) is 42.6. The predicted octanol–water partition coefficient (Wildman–Crippen LogP) is 1.39. The van der Waals surface area contributed by atoms with E-state index in [1.165, 1.54) is 42.1 Å². The second-order valence-electron chi connectivity index (χ2n) is 5.89. The molecule has 2 aliphatic rings. The topological polar surface area (TPSA) is 91.1 Å². The van der Waals surface area contributed by atoms with Gasteiger partial charge in [0.15, 0.2) is 12.5 Å². The summed E-state index contributed by atoms with van der Waals surface area (Å²) < 4.78 is 19.7. The van der Waals surface area contributed by atoms with Gasteiger partial charge in [0.1, 0.15) is 17.8 Å². The number of nitrogens with one attached hydrogen (secondary N) is 1. The highest BCUT2D eigenvalue weighted by molar-refractivity contribution is 6.16. The molecule has 0 saturated heterocycles. The van der Waals surface area contributed by atoms with Crippen molar-refractivity contribution in [3.8, 4) is 0 Å². The third-order valence-corrected chi connectivity index (χ3v) is 4.10. The van der Waals surface area contributed by atoms with Crippen molar-refractivity contribution in [1.29, 1.82) is 0 Å². The summed E-state index contributed by atoms with van der Waals surface area (Å²) in [7, 11) is 1.48. The van der Waals surface area contributed by atoms with Crippen molar-refractivity contribution in [1.82, 2.24) is 4.90 Å². The first-order chi connectivity index (χ1) is 12.9. The number of dihydropyridines is 1. The summed E-state index contributed by atoms with van der Waals surface area (Å²) in [5.41, 5.74) is 0.357. The number of fused-ring (bicyclic) bond motifs is 1. The van der Waals surface area contributed by atoms with E-state index in [2.05, 4.69) is 10.3 Å². The van der Waals surface area contributed by atoms with Crippen molar-refractivity contribution in [2.24, 2.45) is 10.9 Å². The van der Waals surface area contributed by atoms with E-state index in [-0.39, 0.29) is 5.84 Å². The largest absolute Gasteiger partial charge is 0.497 e. The minimum atomic E-state index is -0.878. The van der Waals surface area contributed by atoms with Crippen LogP contribution in [0.15, 0.2) is 41.1 Å². The molecule has 27 heavy (non-hydrogen) atoms. The highest BCUT2D eigenvalue weighted by Crippen LogP contribution is 2.25. The number of amidine groups is 1. The van der Waals surface area contributed by atoms with Crippen LogP contribution in [0.3, 0.4) is 0 Å². The van der Waals surface area contributed by atoms with Crippen LogP contribution in [-0.2, 0) is 14.3 Å². The fourth-order valence-electron chi connectivity index (χ4n) is 2.85. The monoisotopic (exact) mass is 373 g/mol. The molecular weight excluding hydrogens is 355 g/mol. The zero-order chi connectivity index (χ0) is 19.6. The van der Waals surface area contributed by atoms with Gasteiger partial charge in [-0.2, -0.15) is 9.48 Å². The zero-order valence-electron chi connectivity index (χ0n) is 14.8. The summed E-state index contributed by atoms with van der Waals surface area (Å²) in [6.45, 7) is 1.65. The van der Waals surface area contributed by atoms with E-state index in [0.717, 1.165) is 4.90 Å². The molecular formula is C18H18FN4O4+. The molecule has 140 valence electrons. The number of carbonyl (C=O) groups is 3. The molecule has 0 aromatic heterocycles. The average Bonchev–Trinajstić information content (AvgIpc) is 2.65. The van der Waals surface area contributed by atoms with E-state index >= 15 is 0 Å². The van der Waals surface area contributed by atoms with Gasteiger partial charge in [0.2, 0.25) is 0 Å². The Morgan fingerprint density at radius 2 is 2.04 bits per heavy atom. The van der Waals surface area contributed by atoms with Crippen LogP contribution in [0.1, 0.15) is 6.92 Å². The molecule has 1 N–H and O–H groups in total. The lowest BCUT2D eigenvalue weighted by Crippen LogP contribution is -2.56. The van der Waals surface area contributed by atoms with Crippen LogP contribution in [-0.4, -0.2) is 59.6 Å². The van der Waals surface area contributed by atoms with Gasteiger partial charge in [-0.1, -0.05) is 0 Å². The molecule has 1 atom stereocenters. The minimum Gasteiger partial charge on any atom is -0.497 e. The number of benzene rings is 1. The van der Waals surface area contributed by atoms with Crippen LogP contribution >= 0.6 is 0 Å². The number of rotatable bonds is 5. The molecule has 0 radical (unpaired) electrons. The number of aliphatic imine (C=N–C) groups is 1. The fraction of sp³-hybridized carbons (Fsp3) is 0.278. The highest BCUT2D eigenvalue weighted by atomic mass is 19.1. The van der Waals surface area contributed by atoms with E-state index < -0.39 is 36.1 Å². The first-order valence-electron chi connectivity index (χ1n) is 8.30. The number of urea groups is 1. The standard InChI is InChI=1S/C18H17FN4O4/c1-3-27-13-8-9-20-16-15(13)17(25)23(18(26)22(16)2)10-14(24)21-12-6-4-11(19)5-7-12/h4-9,15H,3,10H2,1-2H3/p+1. The van der Waals surface area contributed by atoms with Gasteiger partial charge in [0.25, 0.3) is 11.7 Å². The summed E-state index contributed by atoms with van der Waals surface area (Å²) in [6.07, 6.45) is 3.03. The maximum atomic E-state index is 13.0. The van der Waals surface area contributed by atoms with Gasteiger partial charge in [-0.05, 0) is 31.2 Å². The Labute approximate surface area is 154 Å². The molecule has 0 fully saturated rings. The van der Waals surface area contributed by atoms with E-state index in [1.54, 1.807) is 13.0 Å². The molecule has 8 nitrogen and oxygen atoms in total. The van der Waals surface area contributed by atoms with Crippen LogP contribution in [0.4, 0.5) is 14.9 Å². The number of allylic oxidation sites excluding steroid dienone is 1. The Balaban J connectivity index is 1.81. The maximum absolute atomic E-state index is 13.0. The van der Waals surface area contributed by atoms with Gasteiger partial charge in [0.05, 0.1) is 13.7 Å². The lowest BCUT2D eigenvalue weighted by atomic mass is 9.99. The van der Waals surface area contributed by atoms with Crippen molar-refractivity contribution in [2.45, 2.75) is 6.92 Å². The van der Waals surface area contributed by atoms with Crippen LogP contribution in [0.5, 0.6) is 0 Å². The summed E-state index contributed by atoms with van der Waals surface area (Å²) >= 11 is 0. The number of carbonyl (C=O) groups excluding carboxylic acids is 3. The van der Waals surface area contributed by atoms with E-state index in [0.29, 0.717) is 18.1 Å². The van der Waals surface area contributed by atoms with Crippen molar-refractivity contribution in [2.75, 3.05) is 25.5 Å². The average molecular weight is 373 g/mol. The zero-order valence-corrected chi connectivity index (χ0v) is 14.8. The number of hydrogen-bond donors (Lipinski definition) is 1. The Morgan fingerprint density at radius 1 is 1.33 bits per heavy atom. The Morgan fingerprint density at radius 3 is 2.70 bits per heavy atom. The highest BCUT2D eigenvalue weighted by Gasteiger charge is 2.50. The maximum Gasteiger partial charge on any atom is 0.446 e. The number of amides is 4. The van der Waals surface area contributed by atoms with Crippen molar-refractivity contribution < 1.29 is 28.1 Å². The number of nitrogens with zero attached hydrogens (tertiary/aromatic N) is 3. The molecule has 3 rings (SSSR count). The molecule has 2 heterocycles. The molecule has 1 aromatic rings. The minimum absolute atomic E-state index is 0.256. The first kappa shape index (κ1) is 18.4. The molecule has 0 saturated carbocycles. The van der Waals surface area contributed by atoms with Gasteiger partial charge in [-0.15, -0.1) is 4.99 Å². The van der Waals surface area contributed by atoms with Gasteiger partial charge in [0, 0.05) is 11.8 Å². The van der Waals surface area contributed by atoms with Crippen LogP contribution < -0.4 is 5.32 Å². The van der Waals surface area contributed by atoms with Gasteiger partial charge < -0.3 is 10.1 Å². The van der Waals surface area contributed by atoms with Crippen LogP contribution in [0, 0.1) is 11.7 Å². The second-order valence-corrected chi connectivity index (χ2v) is 5.89.